The molecular formula is C15H21F3N4O2. The molecule has 3 rings (SSSR count). The van der Waals surface area contributed by atoms with Gasteiger partial charge in [0, 0.05) is 19.6 Å². The highest BCUT2D eigenvalue weighted by atomic mass is 19.4. The van der Waals surface area contributed by atoms with Gasteiger partial charge in [-0.25, -0.2) is 0 Å². The van der Waals surface area contributed by atoms with E-state index in [4.69, 9.17) is 4.52 Å². The first kappa shape index (κ1) is 17.2. The van der Waals surface area contributed by atoms with Crippen molar-refractivity contribution in [1.29, 1.82) is 0 Å². The number of alkyl halides is 3. The van der Waals surface area contributed by atoms with Gasteiger partial charge in [-0.15, -0.1) is 0 Å². The second kappa shape index (κ2) is 6.34. The number of piperidine rings is 1. The summed E-state index contributed by atoms with van der Waals surface area (Å²) < 4.78 is 42.3. The molecule has 2 fully saturated rings. The fraction of sp³-hybridized carbons (Fsp3) is 0.800. The zero-order valence-corrected chi connectivity index (χ0v) is 13.6. The molecule has 1 aromatic rings. The van der Waals surface area contributed by atoms with Crippen molar-refractivity contribution in [3.05, 3.63) is 11.7 Å². The van der Waals surface area contributed by atoms with Gasteiger partial charge in [0.05, 0.1) is 12.0 Å². The zero-order valence-electron chi connectivity index (χ0n) is 13.6. The molecule has 2 aliphatic rings. The third-order valence-electron chi connectivity index (χ3n) is 4.83. The second-order valence-corrected chi connectivity index (χ2v) is 6.65. The number of hydrogen-bond acceptors (Lipinski definition) is 5. The maximum atomic E-state index is 12.8. The van der Waals surface area contributed by atoms with Crippen molar-refractivity contribution in [3.8, 4) is 0 Å². The van der Waals surface area contributed by atoms with Crippen LogP contribution in [-0.2, 0) is 17.5 Å². The Morgan fingerprint density at radius 3 is 2.75 bits per heavy atom. The summed E-state index contributed by atoms with van der Waals surface area (Å²) in [5.41, 5.74) is -0.402. The van der Waals surface area contributed by atoms with Crippen molar-refractivity contribution in [2.24, 2.45) is 5.41 Å². The van der Waals surface area contributed by atoms with Crippen molar-refractivity contribution in [1.82, 2.24) is 19.9 Å². The van der Waals surface area contributed by atoms with E-state index in [9.17, 15) is 18.0 Å². The maximum absolute atomic E-state index is 12.8. The Hall–Kier alpha value is -1.64. The summed E-state index contributed by atoms with van der Waals surface area (Å²) in [6.45, 7) is 4.94. The highest BCUT2D eigenvalue weighted by Gasteiger charge is 2.48. The topological polar surface area (TPSA) is 62.5 Å². The number of carbonyl (C=O) groups is 1. The van der Waals surface area contributed by atoms with Crippen molar-refractivity contribution < 1.29 is 22.5 Å². The summed E-state index contributed by atoms with van der Waals surface area (Å²) in [6, 6.07) is 0. The molecule has 0 radical (unpaired) electrons. The molecule has 0 saturated carbocycles. The quantitative estimate of drug-likeness (QED) is 0.837. The van der Waals surface area contributed by atoms with E-state index in [1.165, 1.54) is 0 Å². The smallest absolute Gasteiger partial charge is 0.342 e. The van der Waals surface area contributed by atoms with Crippen LogP contribution in [0.2, 0.25) is 0 Å². The zero-order chi connectivity index (χ0) is 17.4. The predicted octanol–water partition coefficient (Wildman–Crippen LogP) is 2.31. The Labute approximate surface area is 138 Å². The van der Waals surface area contributed by atoms with Gasteiger partial charge in [-0.3, -0.25) is 9.69 Å². The number of aromatic nitrogens is 2. The largest absolute Gasteiger partial charge is 0.455 e. The number of likely N-dealkylation sites (tertiary alicyclic amines) is 2. The van der Waals surface area contributed by atoms with E-state index in [1.807, 2.05) is 16.7 Å². The lowest BCUT2D eigenvalue weighted by Gasteiger charge is -2.39. The molecule has 2 aliphatic heterocycles. The molecular weight excluding hydrogens is 325 g/mol. The summed E-state index contributed by atoms with van der Waals surface area (Å²) in [5.74, 6) is -1.14. The molecule has 1 aromatic heterocycles. The molecule has 0 unspecified atom stereocenters. The molecule has 1 amide bonds. The van der Waals surface area contributed by atoms with Crippen LogP contribution in [0.5, 0.6) is 0 Å². The van der Waals surface area contributed by atoms with E-state index in [0.717, 1.165) is 38.8 Å². The van der Waals surface area contributed by atoms with Crippen LogP contribution >= 0.6 is 0 Å². The van der Waals surface area contributed by atoms with Crippen LogP contribution in [0.1, 0.15) is 44.3 Å². The second-order valence-electron chi connectivity index (χ2n) is 6.65. The Bertz CT molecular complexity index is 602. The van der Waals surface area contributed by atoms with Crippen molar-refractivity contribution in [3.63, 3.8) is 0 Å². The Kier molecular flexibility index (Phi) is 4.54. The normalized spacial score (nSPS) is 25.8. The van der Waals surface area contributed by atoms with E-state index < -0.39 is 17.4 Å². The van der Waals surface area contributed by atoms with Crippen LogP contribution in [0.3, 0.4) is 0 Å². The Morgan fingerprint density at radius 1 is 1.29 bits per heavy atom. The standard InChI is InChI=1S/C15H21F3N4O2/c1-2-6-22-7-3-4-14(13(22)23)5-8-21(10-14)9-11-19-12(20-24-11)15(16,17)18/h2-10H2,1H3/t14-/m1/s1. The SMILES string of the molecule is CCCN1CCC[C@]2(CCN(Cc3nc(C(F)(F)F)no3)C2)C1=O. The minimum absolute atomic E-state index is 0.0620. The number of rotatable bonds is 4. The van der Waals surface area contributed by atoms with Gasteiger partial charge >= 0.3 is 6.18 Å². The summed E-state index contributed by atoms with van der Waals surface area (Å²) in [7, 11) is 0. The summed E-state index contributed by atoms with van der Waals surface area (Å²) in [6.07, 6.45) is -1.15. The molecule has 0 aromatic carbocycles. The van der Waals surface area contributed by atoms with Crippen LogP contribution in [0, 0.1) is 5.41 Å². The fourth-order valence-electron chi connectivity index (χ4n) is 3.73. The first-order valence-electron chi connectivity index (χ1n) is 8.25. The summed E-state index contributed by atoms with van der Waals surface area (Å²) >= 11 is 0. The monoisotopic (exact) mass is 346 g/mol. The van der Waals surface area contributed by atoms with Gasteiger partial charge in [0.15, 0.2) is 0 Å². The number of carbonyl (C=O) groups excluding carboxylic acids is 1. The fourth-order valence-corrected chi connectivity index (χ4v) is 3.73. The first-order chi connectivity index (χ1) is 11.3. The number of nitrogens with zero attached hydrogens (tertiary/aromatic N) is 4. The average Bonchev–Trinajstić information content (AvgIpc) is 3.13. The van der Waals surface area contributed by atoms with E-state index in [0.29, 0.717) is 13.1 Å². The third kappa shape index (κ3) is 3.26. The van der Waals surface area contributed by atoms with E-state index in [-0.39, 0.29) is 18.3 Å². The highest BCUT2D eigenvalue weighted by molar-refractivity contribution is 5.84. The molecule has 6 nitrogen and oxygen atoms in total. The lowest BCUT2D eigenvalue weighted by molar-refractivity contribution is -0.146. The van der Waals surface area contributed by atoms with Crippen LogP contribution in [-0.4, -0.2) is 52.0 Å². The minimum Gasteiger partial charge on any atom is -0.342 e. The summed E-state index contributed by atoms with van der Waals surface area (Å²) in [4.78, 5) is 20.0. The van der Waals surface area contributed by atoms with Crippen molar-refractivity contribution >= 4 is 5.91 Å². The van der Waals surface area contributed by atoms with Gasteiger partial charge in [-0.2, -0.15) is 18.2 Å². The van der Waals surface area contributed by atoms with Crippen molar-refractivity contribution in [2.75, 3.05) is 26.2 Å². The molecule has 0 N–H and O–H groups in total. The number of hydrogen-bond donors (Lipinski definition) is 0. The Morgan fingerprint density at radius 2 is 2.08 bits per heavy atom. The molecule has 1 atom stereocenters. The molecule has 2 saturated heterocycles. The molecule has 0 bridgehead atoms. The van der Waals surface area contributed by atoms with Crippen LogP contribution in [0.15, 0.2) is 4.52 Å². The molecule has 3 heterocycles. The molecule has 1 spiro atoms. The van der Waals surface area contributed by atoms with Gasteiger partial charge in [-0.1, -0.05) is 12.1 Å². The lowest BCUT2D eigenvalue weighted by Crippen LogP contribution is -2.50. The molecule has 0 aliphatic carbocycles. The predicted molar refractivity (Wildman–Crippen MR) is 77.7 cm³/mol. The van der Waals surface area contributed by atoms with Gasteiger partial charge < -0.3 is 9.42 Å². The van der Waals surface area contributed by atoms with Crippen LogP contribution in [0.25, 0.3) is 0 Å². The maximum Gasteiger partial charge on any atom is 0.455 e. The average molecular weight is 346 g/mol. The molecule has 24 heavy (non-hydrogen) atoms. The highest BCUT2D eigenvalue weighted by Crippen LogP contribution is 2.40. The van der Waals surface area contributed by atoms with Gasteiger partial charge in [0.25, 0.3) is 5.82 Å². The van der Waals surface area contributed by atoms with E-state index in [1.54, 1.807) is 0 Å². The number of amides is 1. The van der Waals surface area contributed by atoms with Crippen LogP contribution < -0.4 is 0 Å². The van der Waals surface area contributed by atoms with E-state index >= 15 is 0 Å². The first-order valence-corrected chi connectivity index (χ1v) is 8.25. The van der Waals surface area contributed by atoms with Crippen molar-refractivity contribution in [2.45, 2.75) is 45.3 Å². The molecule has 9 heteroatoms. The summed E-state index contributed by atoms with van der Waals surface area (Å²) in [5, 5.41) is 2.97. The van der Waals surface area contributed by atoms with Gasteiger partial charge in [-0.05, 0) is 32.2 Å². The van der Waals surface area contributed by atoms with E-state index in [2.05, 4.69) is 10.1 Å². The lowest BCUT2D eigenvalue weighted by atomic mass is 9.78. The third-order valence-corrected chi connectivity index (χ3v) is 4.83. The number of halogens is 3. The minimum atomic E-state index is -4.60. The Balaban J connectivity index is 1.64. The van der Waals surface area contributed by atoms with Crippen LogP contribution in [0.4, 0.5) is 13.2 Å². The van der Waals surface area contributed by atoms with Gasteiger partial charge in [0.2, 0.25) is 11.8 Å². The molecule has 134 valence electrons. The van der Waals surface area contributed by atoms with Gasteiger partial charge in [0.1, 0.15) is 0 Å².